The molecule has 0 radical (unpaired) electrons. The van der Waals surface area contributed by atoms with Gasteiger partial charge in [-0.25, -0.2) is 12.8 Å². The molecule has 0 fully saturated rings. The van der Waals surface area contributed by atoms with E-state index in [-0.39, 0.29) is 22.7 Å². The molecule has 0 aliphatic heterocycles. The van der Waals surface area contributed by atoms with Crippen LogP contribution in [0.2, 0.25) is 0 Å². The number of hydrogen-bond acceptors (Lipinski definition) is 5. The third-order valence-electron chi connectivity index (χ3n) is 7.29. The summed E-state index contributed by atoms with van der Waals surface area (Å²) in [7, 11) is -4.25. The van der Waals surface area contributed by atoms with Crippen molar-refractivity contribution in [3.63, 3.8) is 0 Å². The Hall–Kier alpha value is -4.70. The number of para-hydroxylation sites is 1. The monoisotopic (exact) mass is 631 g/mol. The highest BCUT2D eigenvalue weighted by molar-refractivity contribution is 7.92. The minimum absolute atomic E-state index is 0.00322. The molecule has 2 amide bonds. The molecular formula is C35H38FN3O5S. The highest BCUT2D eigenvalue weighted by Gasteiger charge is 2.33. The highest BCUT2D eigenvalue weighted by Crippen LogP contribution is 2.29. The van der Waals surface area contributed by atoms with Gasteiger partial charge in [0.2, 0.25) is 11.8 Å². The first kappa shape index (κ1) is 33.2. The lowest BCUT2D eigenvalue weighted by atomic mass is 10.1. The molecule has 1 unspecified atom stereocenters. The van der Waals surface area contributed by atoms with Crippen LogP contribution in [0.4, 0.5) is 10.1 Å². The topological polar surface area (TPSA) is 96.0 Å². The van der Waals surface area contributed by atoms with Crippen LogP contribution in [-0.2, 0) is 26.2 Å². The van der Waals surface area contributed by atoms with E-state index in [2.05, 4.69) is 5.32 Å². The van der Waals surface area contributed by atoms with Crippen molar-refractivity contribution in [2.24, 2.45) is 0 Å². The van der Waals surface area contributed by atoms with E-state index in [0.29, 0.717) is 18.0 Å². The minimum atomic E-state index is -4.25. The van der Waals surface area contributed by atoms with Crippen molar-refractivity contribution >= 4 is 27.5 Å². The summed E-state index contributed by atoms with van der Waals surface area (Å²) < 4.78 is 49.7. The molecule has 8 nitrogen and oxygen atoms in total. The van der Waals surface area contributed by atoms with Crippen molar-refractivity contribution in [3.05, 3.63) is 120 Å². The largest absolute Gasteiger partial charge is 0.457 e. The number of sulfonamides is 1. The van der Waals surface area contributed by atoms with E-state index in [9.17, 15) is 22.4 Å². The molecule has 0 bridgehead atoms. The van der Waals surface area contributed by atoms with Crippen LogP contribution in [0.3, 0.4) is 0 Å². The van der Waals surface area contributed by atoms with E-state index in [1.54, 1.807) is 61.5 Å². The average Bonchev–Trinajstić information content (AvgIpc) is 3.04. The van der Waals surface area contributed by atoms with E-state index in [0.717, 1.165) is 22.7 Å². The predicted octanol–water partition coefficient (Wildman–Crippen LogP) is 6.46. The van der Waals surface area contributed by atoms with Gasteiger partial charge in [0.25, 0.3) is 10.0 Å². The SMILES string of the molecule is CCCCNC(=O)C(C)N(Cc1ccccc1F)C(=O)CN(c1ccc(Oc2ccccc2)cc1)S(=O)(=O)c1ccc(C)cc1. The quantitative estimate of drug-likeness (QED) is 0.161. The Balaban J connectivity index is 1.69. The van der Waals surface area contributed by atoms with E-state index in [4.69, 9.17) is 4.74 Å². The lowest BCUT2D eigenvalue weighted by Gasteiger charge is -2.32. The summed E-state index contributed by atoms with van der Waals surface area (Å²) in [6, 6.07) is 26.8. The number of benzene rings is 4. The number of rotatable bonds is 14. The molecule has 4 rings (SSSR count). The van der Waals surface area contributed by atoms with Crippen LogP contribution in [0.25, 0.3) is 0 Å². The summed E-state index contributed by atoms with van der Waals surface area (Å²) in [6.07, 6.45) is 1.62. The van der Waals surface area contributed by atoms with Gasteiger partial charge in [0, 0.05) is 18.7 Å². The standard InChI is InChI=1S/C35H38FN3O5S/c1-4-5-23-37-35(41)27(3)38(24-28-11-9-10-14-33(28)36)34(40)25-39(45(42,43)32-21-15-26(2)16-22-32)29-17-19-31(20-18-29)44-30-12-7-6-8-13-30/h6-22,27H,4-5,23-25H2,1-3H3,(H,37,41). The summed E-state index contributed by atoms with van der Waals surface area (Å²) in [5.41, 5.74) is 1.29. The Kier molecular flexibility index (Phi) is 11.3. The number of halogens is 1. The van der Waals surface area contributed by atoms with Gasteiger partial charge in [-0.2, -0.15) is 0 Å². The summed E-state index contributed by atoms with van der Waals surface area (Å²) >= 11 is 0. The number of aryl methyl sites for hydroxylation is 1. The van der Waals surface area contributed by atoms with Crippen molar-refractivity contribution < 1.29 is 27.1 Å². The molecular weight excluding hydrogens is 593 g/mol. The van der Waals surface area contributed by atoms with E-state index >= 15 is 0 Å². The van der Waals surface area contributed by atoms with Crippen LogP contribution < -0.4 is 14.4 Å². The zero-order chi connectivity index (χ0) is 32.4. The maximum Gasteiger partial charge on any atom is 0.264 e. The van der Waals surface area contributed by atoms with E-state index in [1.165, 1.54) is 35.2 Å². The van der Waals surface area contributed by atoms with Crippen LogP contribution in [-0.4, -0.2) is 44.3 Å². The Bertz CT molecular complexity index is 1680. The fourth-order valence-corrected chi connectivity index (χ4v) is 6.01. The van der Waals surface area contributed by atoms with Crippen LogP contribution in [0.1, 0.15) is 37.8 Å². The first-order valence-electron chi connectivity index (χ1n) is 14.8. The second kappa shape index (κ2) is 15.3. The summed E-state index contributed by atoms with van der Waals surface area (Å²) in [6.45, 7) is 4.96. The molecule has 0 aliphatic carbocycles. The van der Waals surface area contributed by atoms with Crippen molar-refractivity contribution in [2.75, 3.05) is 17.4 Å². The molecule has 0 saturated carbocycles. The van der Waals surface area contributed by atoms with Gasteiger partial charge in [-0.3, -0.25) is 13.9 Å². The van der Waals surface area contributed by atoms with Crippen molar-refractivity contribution in [1.29, 1.82) is 0 Å². The number of carbonyl (C=O) groups is 2. The van der Waals surface area contributed by atoms with Gasteiger partial charge in [-0.05, 0) is 74.9 Å². The minimum Gasteiger partial charge on any atom is -0.457 e. The maximum absolute atomic E-state index is 14.7. The normalized spacial score (nSPS) is 11.8. The molecule has 10 heteroatoms. The Labute approximate surface area is 264 Å². The zero-order valence-electron chi connectivity index (χ0n) is 25.6. The zero-order valence-corrected chi connectivity index (χ0v) is 26.5. The molecule has 0 aromatic heterocycles. The lowest BCUT2D eigenvalue weighted by Crippen LogP contribution is -2.51. The smallest absolute Gasteiger partial charge is 0.264 e. The van der Waals surface area contributed by atoms with Crippen molar-refractivity contribution in [1.82, 2.24) is 10.2 Å². The van der Waals surface area contributed by atoms with Gasteiger partial charge in [0.05, 0.1) is 10.6 Å². The third-order valence-corrected chi connectivity index (χ3v) is 9.07. The number of nitrogens with one attached hydrogen (secondary N) is 1. The molecule has 0 saturated heterocycles. The number of unbranched alkanes of at least 4 members (excludes halogenated alkanes) is 1. The molecule has 45 heavy (non-hydrogen) atoms. The number of amides is 2. The lowest BCUT2D eigenvalue weighted by molar-refractivity contribution is -0.139. The number of ether oxygens (including phenoxy) is 1. The molecule has 1 atom stereocenters. The first-order chi connectivity index (χ1) is 21.6. The molecule has 0 spiro atoms. The predicted molar refractivity (Wildman–Crippen MR) is 173 cm³/mol. The number of nitrogens with zero attached hydrogens (tertiary/aromatic N) is 2. The van der Waals surface area contributed by atoms with Crippen LogP contribution in [0.5, 0.6) is 11.5 Å². The Morgan fingerprint density at radius 2 is 1.49 bits per heavy atom. The molecule has 0 aliphatic rings. The maximum atomic E-state index is 14.7. The molecule has 1 N–H and O–H groups in total. The number of carbonyl (C=O) groups excluding carboxylic acids is 2. The van der Waals surface area contributed by atoms with Gasteiger partial charge >= 0.3 is 0 Å². The Morgan fingerprint density at radius 3 is 2.13 bits per heavy atom. The second-order valence-electron chi connectivity index (χ2n) is 10.7. The van der Waals surface area contributed by atoms with Crippen molar-refractivity contribution in [2.45, 2.75) is 51.1 Å². The highest BCUT2D eigenvalue weighted by atomic mass is 32.2. The van der Waals surface area contributed by atoms with Gasteiger partial charge in [0.15, 0.2) is 0 Å². The summed E-state index contributed by atoms with van der Waals surface area (Å²) in [5, 5.41) is 2.82. The van der Waals surface area contributed by atoms with Gasteiger partial charge in [-0.15, -0.1) is 0 Å². The second-order valence-corrected chi connectivity index (χ2v) is 12.5. The van der Waals surface area contributed by atoms with Gasteiger partial charge in [-0.1, -0.05) is 67.4 Å². The molecule has 4 aromatic rings. The van der Waals surface area contributed by atoms with Crippen LogP contribution in [0.15, 0.2) is 108 Å². The Morgan fingerprint density at radius 1 is 0.867 bits per heavy atom. The molecule has 236 valence electrons. The van der Waals surface area contributed by atoms with Gasteiger partial charge < -0.3 is 15.0 Å². The van der Waals surface area contributed by atoms with Crippen LogP contribution in [0, 0.1) is 12.7 Å². The summed E-state index contributed by atoms with van der Waals surface area (Å²) in [4.78, 5) is 28.3. The van der Waals surface area contributed by atoms with Crippen molar-refractivity contribution in [3.8, 4) is 11.5 Å². The van der Waals surface area contributed by atoms with Gasteiger partial charge in [0.1, 0.15) is 29.9 Å². The molecule has 0 heterocycles. The fourth-order valence-electron chi connectivity index (χ4n) is 4.60. The van der Waals surface area contributed by atoms with E-state index in [1.807, 2.05) is 32.0 Å². The fraction of sp³-hybridized carbons (Fsp3) is 0.257. The number of anilines is 1. The third kappa shape index (κ3) is 8.69. The summed E-state index contributed by atoms with van der Waals surface area (Å²) in [5.74, 6) is -0.533. The average molecular weight is 632 g/mol. The first-order valence-corrected chi connectivity index (χ1v) is 16.3. The van der Waals surface area contributed by atoms with Crippen LogP contribution >= 0.6 is 0 Å². The molecule has 4 aromatic carbocycles. The number of hydrogen-bond donors (Lipinski definition) is 1. The van der Waals surface area contributed by atoms with E-state index < -0.39 is 40.2 Å².